The monoisotopic (exact) mass is 652 g/mol. The van der Waals surface area contributed by atoms with E-state index in [0.29, 0.717) is 19.4 Å². The number of benzene rings is 2. The van der Waals surface area contributed by atoms with Crippen LogP contribution in [-0.2, 0) is 46.4 Å². The van der Waals surface area contributed by atoms with E-state index in [0.717, 1.165) is 11.1 Å². The number of alkyl carbamates (subject to hydrolysis) is 1. The predicted molar refractivity (Wildman–Crippen MR) is 175 cm³/mol. The number of ether oxygens (including phenoxy) is 3. The highest BCUT2D eigenvalue weighted by Gasteiger charge is 2.32. The smallest absolute Gasteiger partial charge is 0.408 e. The van der Waals surface area contributed by atoms with Crippen LogP contribution in [0, 0.1) is 5.92 Å². The summed E-state index contributed by atoms with van der Waals surface area (Å²) in [5.74, 6) is -1.93. The van der Waals surface area contributed by atoms with Crippen LogP contribution in [0.3, 0.4) is 0 Å². The summed E-state index contributed by atoms with van der Waals surface area (Å²) in [4.78, 5) is 64.8. The number of hydrogen-bond acceptors (Lipinski definition) is 8. The van der Waals surface area contributed by atoms with E-state index < -0.39 is 47.6 Å². The molecule has 0 bridgehead atoms. The Morgan fingerprint density at radius 1 is 0.872 bits per heavy atom. The van der Waals surface area contributed by atoms with Crippen molar-refractivity contribution in [3.8, 4) is 0 Å². The summed E-state index contributed by atoms with van der Waals surface area (Å²) in [6, 6.07) is 15.6. The van der Waals surface area contributed by atoms with E-state index in [9.17, 15) is 24.0 Å². The first-order valence-electron chi connectivity index (χ1n) is 16.1. The second-order valence-electron chi connectivity index (χ2n) is 12.5. The molecular weight excluding hydrogens is 604 g/mol. The number of carbonyl (C=O) groups is 5. The van der Waals surface area contributed by atoms with Crippen LogP contribution >= 0.6 is 0 Å². The maximum absolute atomic E-state index is 13.9. The summed E-state index contributed by atoms with van der Waals surface area (Å²) in [6.07, 6.45) is 0.611. The van der Waals surface area contributed by atoms with Crippen LogP contribution in [0.5, 0.6) is 0 Å². The van der Waals surface area contributed by atoms with Crippen molar-refractivity contribution in [2.24, 2.45) is 5.92 Å². The molecule has 2 aromatic rings. The normalized spacial score (nSPS) is 16.3. The Morgan fingerprint density at radius 2 is 1.51 bits per heavy atom. The Hall–Kier alpha value is -4.45. The van der Waals surface area contributed by atoms with Gasteiger partial charge in [0.1, 0.15) is 18.7 Å². The standard InChI is InChI=1S/C35H48N4O8/c1-5-45-30(40)17-16-27(21-26-18-19-36-31(26)41)37-32(42)28(20-24-12-8-6-9-13-24)38-33(43)29(23-47-35(2,3)4)39-34(44)46-22-25-14-10-7-11-15-25/h6-15,26-29H,5,16-23H2,1-4H3,(H,36,41)(H,37,42)(H,38,43)(H,39,44). The fourth-order valence-corrected chi connectivity index (χ4v) is 5.04. The number of amides is 4. The van der Waals surface area contributed by atoms with E-state index in [4.69, 9.17) is 14.2 Å². The van der Waals surface area contributed by atoms with E-state index in [1.54, 1.807) is 6.92 Å². The van der Waals surface area contributed by atoms with Gasteiger partial charge in [-0.05, 0) is 58.1 Å². The van der Waals surface area contributed by atoms with Gasteiger partial charge >= 0.3 is 12.1 Å². The topological polar surface area (TPSA) is 161 Å². The number of carbonyl (C=O) groups excluding carboxylic acids is 5. The zero-order valence-corrected chi connectivity index (χ0v) is 27.7. The molecule has 256 valence electrons. The minimum Gasteiger partial charge on any atom is -0.466 e. The van der Waals surface area contributed by atoms with Crippen LogP contribution < -0.4 is 21.3 Å². The molecule has 12 nitrogen and oxygen atoms in total. The predicted octanol–water partition coefficient (Wildman–Crippen LogP) is 3.18. The average molecular weight is 653 g/mol. The molecule has 0 radical (unpaired) electrons. The van der Waals surface area contributed by atoms with Crippen molar-refractivity contribution in [1.82, 2.24) is 21.3 Å². The molecule has 12 heteroatoms. The van der Waals surface area contributed by atoms with Gasteiger partial charge in [0, 0.05) is 31.3 Å². The quantitative estimate of drug-likeness (QED) is 0.190. The maximum Gasteiger partial charge on any atom is 0.408 e. The third-order valence-electron chi connectivity index (χ3n) is 7.50. The second-order valence-corrected chi connectivity index (χ2v) is 12.5. The highest BCUT2D eigenvalue weighted by molar-refractivity contribution is 5.91. The Labute approximate surface area is 276 Å². The third kappa shape index (κ3) is 13.8. The highest BCUT2D eigenvalue weighted by Crippen LogP contribution is 2.19. The van der Waals surface area contributed by atoms with Crippen LogP contribution in [0.25, 0.3) is 0 Å². The van der Waals surface area contributed by atoms with Crippen LogP contribution in [-0.4, -0.2) is 73.3 Å². The zero-order chi connectivity index (χ0) is 34.2. The molecule has 1 fully saturated rings. The third-order valence-corrected chi connectivity index (χ3v) is 7.50. The van der Waals surface area contributed by atoms with Crippen molar-refractivity contribution in [1.29, 1.82) is 0 Å². The molecule has 4 amide bonds. The molecule has 47 heavy (non-hydrogen) atoms. The molecule has 4 atom stereocenters. The molecule has 1 heterocycles. The van der Waals surface area contributed by atoms with Gasteiger partial charge in [0.05, 0.1) is 18.8 Å². The summed E-state index contributed by atoms with van der Waals surface area (Å²) in [5, 5.41) is 11.2. The number of nitrogens with one attached hydrogen (secondary N) is 4. The summed E-state index contributed by atoms with van der Waals surface area (Å²) in [5.41, 5.74) is 0.957. The highest BCUT2D eigenvalue weighted by atomic mass is 16.6. The molecule has 0 aliphatic carbocycles. The molecule has 0 spiro atoms. The lowest BCUT2D eigenvalue weighted by atomic mass is 9.95. The van der Waals surface area contributed by atoms with Crippen molar-refractivity contribution >= 4 is 29.8 Å². The van der Waals surface area contributed by atoms with Gasteiger partial charge in [-0.15, -0.1) is 0 Å². The van der Waals surface area contributed by atoms with Crippen molar-refractivity contribution in [3.05, 3.63) is 71.8 Å². The summed E-state index contributed by atoms with van der Waals surface area (Å²) in [7, 11) is 0. The molecule has 1 saturated heterocycles. The molecule has 4 unspecified atom stereocenters. The molecule has 3 rings (SSSR count). The molecule has 0 aromatic heterocycles. The first-order valence-corrected chi connectivity index (χ1v) is 16.1. The van der Waals surface area contributed by atoms with Crippen molar-refractivity contribution < 1.29 is 38.2 Å². The van der Waals surface area contributed by atoms with E-state index >= 15 is 0 Å². The Bertz CT molecular complexity index is 1320. The molecule has 1 aliphatic rings. The van der Waals surface area contributed by atoms with Crippen LogP contribution in [0.15, 0.2) is 60.7 Å². The van der Waals surface area contributed by atoms with Gasteiger partial charge in [0.15, 0.2) is 0 Å². The van der Waals surface area contributed by atoms with E-state index in [1.165, 1.54) is 0 Å². The molecule has 2 aromatic carbocycles. The number of esters is 1. The van der Waals surface area contributed by atoms with Crippen molar-refractivity contribution in [3.63, 3.8) is 0 Å². The van der Waals surface area contributed by atoms with Gasteiger partial charge in [-0.3, -0.25) is 19.2 Å². The SMILES string of the molecule is CCOC(=O)CCC(CC1CCNC1=O)NC(=O)C(Cc1ccccc1)NC(=O)C(COC(C)(C)C)NC(=O)OCc1ccccc1. The minimum absolute atomic E-state index is 0.00633. The first-order chi connectivity index (χ1) is 22.4. The van der Waals surface area contributed by atoms with Gasteiger partial charge in [-0.1, -0.05) is 60.7 Å². The van der Waals surface area contributed by atoms with Gasteiger partial charge in [0.2, 0.25) is 17.7 Å². The fourth-order valence-electron chi connectivity index (χ4n) is 5.04. The second kappa shape index (κ2) is 18.6. The summed E-state index contributed by atoms with van der Waals surface area (Å²) < 4.78 is 16.3. The van der Waals surface area contributed by atoms with Crippen LogP contribution in [0.4, 0.5) is 4.79 Å². The summed E-state index contributed by atoms with van der Waals surface area (Å²) >= 11 is 0. The van der Waals surface area contributed by atoms with Gasteiger partial charge in [-0.2, -0.15) is 0 Å². The number of rotatable bonds is 17. The molecular formula is C35H48N4O8. The largest absolute Gasteiger partial charge is 0.466 e. The van der Waals surface area contributed by atoms with Gasteiger partial charge in [0.25, 0.3) is 0 Å². The van der Waals surface area contributed by atoms with Gasteiger partial charge in [-0.25, -0.2) is 4.79 Å². The van der Waals surface area contributed by atoms with Crippen LogP contribution in [0.1, 0.15) is 64.5 Å². The minimum atomic E-state index is -1.18. The molecule has 0 saturated carbocycles. The van der Waals surface area contributed by atoms with Gasteiger partial charge < -0.3 is 35.5 Å². The zero-order valence-electron chi connectivity index (χ0n) is 27.7. The Kier molecular flexibility index (Phi) is 14.7. The Morgan fingerprint density at radius 3 is 2.11 bits per heavy atom. The molecule has 1 aliphatic heterocycles. The van der Waals surface area contributed by atoms with E-state index in [2.05, 4.69) is 21.3 Å². The Balaban J connectivity index is 1.77. The van der Waals surface area contributed by atoms with E-state index in [1.807, 2.05) is 81.4 Å². The van der Waals surface area contributed by atoms with Crippen LogP contribution in [0.2, 0.25) is 0 Å². The lowest BCUT2D eigenvalue weighted by molar-refractivity contribution is -0.143. The summed E-state index contributed by atoms with van der Waals surface area (Å²) in [6.45, 7) is 7.80. The fraction of sp³-hybridized carbons (Fsp3) is 0.514. The maximum atomic E-state index is 13.9. The first kappa shape index (κ1) is 37.0. The molecule has 4 N–H and O–H groups in total. The average Bonchev–Trinajstić information content (AvgIpc) is 3.44. The lowest BCUT2D eigenvalue weighted by Crippen LogP contribution is -2.57. The van der Waals surface area contributed by atoms with Crippen molar-refractivity contribution in [2.75, 3.05) is 19.8 Å². The van der Waals surface area contributed by atoms with Crippen molar-refractivity contribution in [2.45, 2.75) is 90.1 Å². The van der Waals surface area contributed by atoms with E-state index in [-0.39, 0.29) is 50.9 Å². The lowest BCUT2D eigenvalue weighted by Gasteiger charge is -2.28. The number of hydrogen-bond donors (Lipinski definition) is 4.